The molecule has 0 saturated heterocycles. The first kappa shape index (κ1) is 12.0. The first-order valence-electron chi connectivity index (χ1n) is 7.27. The highest BCUT2D eigenvalue weighted by Crippen LogP contribution is 2.45. The number of nitrogens with one attached hydrogen (secondary N) is 1. The van der Waals surface area contributed by atoms with Gasteiger partial charge in [0.1, 0.15) is 5.82 Å². The molecule has 98 valence electrons. The van der Waals surface area contributed by atoms with E-state index in [-0.39, 0.29) is 5.41 Å². The SMILES string of the molecule is CC(C)(C)c1ccc(NC(C2CC2)C2CC2)nc1. The molecule has 0 amide bonds. The van der Waals surface area contributed by atoms with Crippen molar-refractivity contribution < 1.29 is 0 Å². The smallest absolute Gasteiger partial charge is 0.126 e. The fourth-order valence-corrected chi connectivity index (χ4v) is 2.62. The standard InChI is InChI=1S/C16H24N2/c1-16(2,3)13-8-9-14(17-10-13)18-15(11-4-5-11)12-6-7-12/h8-12,15H,4-7H2,1-3H3,(H,17,18). The van der Waals surface area contributed by atoms with E-state index in [4.69, 9.17) is 0 Å². The molecule has 2 aliphatic rings. The zero-order valence-corrected chi connectivity index (χ0v) is 11.7. The van der Waals surface area contributed by atoms with E-state index in [1.807, 2.05) is 6.20 Å². The number of anilines is 1. The monoisotopic (exact) mass is 244 g/mol. The Hall–Kier alpha value is -1.05. The lowest BCUT2D eigenvalue weighted by molar-refractivity contribution is 0.564. The summed E-state index contributed by atoms with van der Waals surface area (Å²) in [7, 11) is 0. The minimum Gasteiger partial charge on any atom is -0.367 e. The summed E-state index contributed by atoms with van der Waals surface area (Å²) in [4.78, 5) is 4.59. The Labute approximate surface area is 110 Å². The zero-order chi connectivity index (χ0) is 12.8. The quantitative estimate of drug-likeness (QED) is 0.866. The summed E-state index contributed by atoms with van der Waals surface area (Å²) in [5.74, 6) is 2.90. The third-order valence-corrected chi connectivity index (χ3v) is 4.20. The van der Waals surface area contributed by atoms with Crippen molar-refractivity contribution in [2.24, 2.45) is 11.8 Å². The van der Waals surface area contributed by atoms with Crippen molar-refractivity contribution in [2.45, 2.75) is 57.9 Å². The van der Waals surface area contributed by atoms with Crippen molar-refractivity contribution in [3.8, 4) is 0 Å². The molecule has 18 heavy (non-hydrogen) atoms. The fraction of sp³-hybridized carbons (Fsp3) is 0.688. The van der Waals surface area contributed by atoms with Gasteiger partial charge in [0, 0.05) is 12.2 Å². The molecule has 2 saturated carbocycles. The van der Waals surface area contributed by atoms with Gasteiger partial charge in [0.25, 0.3) is 0 Å². The largest absolute Gasteiger partial charge is 0.367 e. The van der Waals surface area contributed by atoms with Crippen molar-refractivity contribution in [2.75, 3.05) is 5.32 Å². The molecule has 0 radical (unpaired) electrons. The Morgan fingerprint density at radius 1 is 1.11 bits per heavy atom. The topological polar surface area (TPSA) is 24.9 Å². The Morgan fingerprint density at radius 2 is 1.72 bits per heavy atom. The van der Waals surface area contributed by atoms with Crippen LogP contribution in [-0.4, -0.2) is 11.0 Å². The molecule has 0 atom stereocenters. The first-order chi connectivity index (χ1) is 8.54. The highest BCUT2D eigenvalue weighted by atomic mass is 15.0. The van der Waals surface area contributed by atoms with Crippen LogP contribution in [-0.2, 0) is 5.41 Å². The molecule has 1 N–H and O–H groups in total. The molecule has 1 heterocycles. The summed E-state index contributed by atoms with van der Waals surface area (Å²) >= 11 is 0. The van der Waals surface area contributed by atoms with E-state index in [2.05, 4.69) is 43.2 Å². The second kappa shape index (κ2) is 4.25. The summed E-state index contributed by atoms with van der Waals surface area (Å²) < 4.78 is 0. The third kappa shape index (κ3) is 2.68. The normalized spacial score (nSPS) is 20.2. The van der Waals surface area contributed by atoms with E-state index >= 15 is 0 Å². The van der Waals surface area contributed by atoms with E-state index < -0.39 is 0 Å². The van der Waals surface area contributed by atoms with Crippen molar-refractivity contribution in [3.63, 3.8) is 0 Å². The lowest BCUT2D eigenvalue weighted by Gasteiger charge is -2.21. The number of hydrogen-bond donors (Lipinski definition) is 1. The van der Waals surface area contributed by atoms with Crippen molar-refractivity contribution in [1.29, 1.82) is 0 Å². The molecule has 2 heteroatoms. The highest BCUT2D eigenvalue weighted by Gasteiger charge is 2.41. The predicted octanol–water partition coefficient (Wildman–Crippen LogP) is 3.98. The Balaban J connectivity index is 1.68. The minimum atomic E-state index is 0.192. The van der Waals surface area contributed by atoms with E-state index in [0.29, 0.717) is 6.04 Å². The summed E-state index contributed by atoms with van der Waals surface area (Å²) in [5, 5.41) is 3.67. The number of rotatable bonds is 4. The minimum absolute atomic E-state index is 0.192. The van der Waals surface area contributed by atoms with E-state index in [9.17, 15) is 0 Å². The van der Waals surface area contributed by atoms with Gasteiger partial charge in [-0.15, -0.1) is 0 Å². The molecule has 0 spiro atoms. The lowest BCUT2D eigenvalue weighted by atomic mass is 9.88. The Kier molecular flexibility index (Phi) is 2.84. The van der Waals surface area contributed by atoms with Gasteiger partial charge in [0.15, 0.2) is 0 Å². The van der Waals surface area contributed by atoms with Gasteiger partial charge in [-0.05, 0) is 54.6 Å². The molecular formula is C16H24N2. The summed E-state index contributed by atoms with van der Waals surface area (Å²) in [6, 6.07) is 5.06. The molecule has 0 aliphatic heterocycles. The maximum absolute atomic E-state index is 4.59. The van der Waals surface area contributed by atoms with Gasteiger partial charge in [0.05, 0.1) is 0 Å². The predicted molar refractivity (Wildman–Crippen MR) is 75.8 cm³/mol. The van der Waals surface area contributed by atoms with E-state index in [1.165, 1.54) is 31.2 Å². The number of aromatic nitrogens is 1. The van der Waals surface area contributed by atoms with Gasteiger partial charge >= 0.3 is 0 Å². The van der Waals surface area contributed by atoms with Gasteiger partial charge < -0.3 is 5.32 Å². The summed E-state index contributed by atoms with van der Waals surface area (Å²) in [6.07, 6.45) is 7.67. The number of pyridine rings is 1. The van der Waals surface area contributed by atoms with Crippen LogP contribution >= 0.6 is 0 Å². The maximum atomic E-state index is 4.59. The molecule has 0 bridgehead atoms. The molecule has 2 fully saturated rings. The average molecular weight is 244 g/mol. The van der Waals surface area contributed by atoms with E-state index in [1.54, 1.807) is 0 Å². The molecule has 0 aromatic carbocycles. The van der Waals surface area contributed by atoms with Crippen LogP contribution in [0.15, 0.2) is 18.3 Å². The molecule has 2 nitrogen and oxygen atoms in total. The van der Waals surface area contributed by atoms with Gasteiger partial charge in [-0.1, -0.05) is 26.8 Å². The summed E-state index contributed by atoms with van der Waals surface area (Å²) in [6.45, 7) is 6.69. The van der Waals surface area contributed by atoms with Gasteiger partial charge in [-0.3, -0.25) is 0 Å². The van der Waals surface area contributed by atoms with Crippen LogP contribution in [0.2, 0.25) is 0 Å². The molecule has 3 rings (SSSR count). The summed E-state index contributed by atoms with van der Waals surface area (Å²) in [5.41, 5.74) is 1.50. The van der Waals surface area contributed by atoms with Gasteiger partial charge in [-0.25, -0.2) is 4.98 Å². The second-order valence-electron chi connectivity index (χ2n) is 7.03. The first-order valence-corrected chi connectivity index (χ1v) is 7.27. The van der Waals surface area contributed by atoms with Crippen LogP contribution in [0.3, 0.4) is 0 Å². The second-order valence-corrected chi connectivity index (χ2v) is 7.03. The van der Waals surface area contributed by atoms with Crippen LogP contribution in [0.25, 0.3) is 0 Å². The van der Waals surface area contributed by atoms with Crippen LogP contribution in [0.4, 0.5) is 5.82 Å². The van der Waals surface area contributed by atoms with Crippen molar-refractivity contribution in [1.82, 2.24) is 4.98 Å². The number of hydrogen-bond acceptors (Lipinski definition) is 2. The lowest BCUT2D eigenvalue weighted by Crippen LogP contribution is -2.25. The maximum Gasteiger partial charge on any atom is 0.126 e. The van der Waals surface area contributed by atoms with Crippen LogP contribution in [0.5, 0.6) is 0 Å². The van der Waals surface area contributed by atoms with Gasteiger partial charge in [0.2, 0.25) is 0 Å². The molecule has 1 aromatic heterocycles. The Morgan fingerprint density at radius 3 is 2.11 bits per heavy atom. The van der Waals surface area contributed by atoms with Crippen molar-refractivity contribution >= 4 is 5.82 Å². The number of nitrogens with zero attached hydrogens (tertiary/aromatic N) is 1. The Bertz CT molecular complexity index is 396. The van der Waals surface area contributed by atoms with Crippen LogP contribution in [0, 0.1) is 11.8 Å². The molecule has 2 aliphatic carbocycles. The van der Waals surface area contributed by atoms with Crippen LogP contribution in [0.1, 0.15) is 52.0 Å². The molecule has 1 aromatic rings. The molecule has 0 unspecified atom stereocenters. The highest BCUT2D eigenvalue weighted by molar-refractivity contribution is 5.39. The molecular weight excluding hydrogens is 220 g/mol. The third-order valence-electron chi connectivity index (χ3n) is 4.20. The fourth-order valence-electron chi connectivity index (χ4n) is 2.62. The average Bonchev–Trinajstić information content (AvgIpc) is 3.16. The van der Waals surface area contributed by atoms with Crippen molar-refractivity contribution in [3.05, 3.63) is 23.9 Å². The zero-order valence-electron chi connectivity index (χ0n) is 11.7. The van der Waals surface area contributed by atoms with Gasteiger partial charge in [-0.2, -0.15) is 0 Å². The van der Waals surface area contributed by atoms with Crippen LogP contribution < -0.4 is 5.32 Å². The van der Waals surface area contributed by atoms with E-state index in [0.717, 1.165) is 17.7 Å².